The summed E-state index contributed by atoms with van der Waals surface area (Å²) >= 11 is 0. The van der Waals surface area contributed by atoms with E-state index < -0.39 is 6.04 Å². The number of nitrogens with one attached hydrogen (secondary N) is 1. The molecule has 0 aliphatic heterocycles. The predicted molar refractivity (Wildman–Crippen MR) is 76.4 cm³/mol. The fourth-order valence-electron chi connectivity index (χ4n) is 2.23. The fraction of sp³-hybridized carbons (Fsp3) is 0.267. The molecule has 0 saturated heterocycles. The summed E-state index contributed by atoms with van der Waals surface area (Å²) in [6.45, 7) is 2.42. The second-order valence-electron chi connectivity index (χ2n) is 4.75. The summed E-state index contributed by atoms with van der Waals surface area (Å²) < 4.78 is 5.55. The number of furan rings is 1. The standard InChI is InChI=1S/C15H19N3O2/c1-11-8-9-13(20-11)10-18(2)14(15(19)17-16)12-6-4-3-5-7-12/h3-9,14H,10,16H2,1-2H3,(H,17,19). The van der Waals surface area contributed by atoms with Crippen molar-refractivity contribution in [1.82, 2.24) is 10.3 Å². The molecule has 2 rings (SSSR count). The molecule has 2 aromatic rings. The Labute approximate surface area is 118 Å². The topological polar surface area (TPSA) is 71.5 Å². The number of amides is 1. The molecule has 106 valence electrons. The number of rotatable bonds is 5. The molecule has 1 aromatic heterocycles. The van der Waals surface area contributed by atoms with Crippen LogP contribution in [0.1, 0.15) is 23.1 Å². The van der Waals surface area contributed by atoms with Crippen LogP contribution in [0, 0.1) is 6.92 Å². The van der Waals surface area contributed by atoms with Crippen LogP contribution in [0.5, 0.6) is 0 Å². The minimum absolute atomic E-state index is 0.248. The fourth-order valence-corrected chi connectivity index (χ4v) is 2.23. The lowest BCUT2D eigenvalue weighted by Crippen LogP contribution is -2.41. The Hall–Kier alpha value is -2.11. The van der Waals surface area contributed by atoms with Crippen LogP contribution in [0.2, 0.25) is 0 Å². The van der Waals surface area contributed by atoms with E-state index in [4.69, 9.17) is 10.3 Å². The van der Waals surface area contributed by atoms with Crippen LogP contribution in [-0.2, 0) is 11.3 Å². The van der Waals surface area contributed by atoms with Crippen LogP contribution in [0.4, 0.5) is 0 Å². The van der Waals surface area contributed by atoms with Crippen LogP contribution in [0.3, 0.4) is 0 Å². The van der Waals surface area contributed by atoms with Crippen molar-refractivity contribution in [3.05, 3.63) is 59.5 Å². The number of nitrogens with zero attached hydrogens (tertiary/aromatic N) is 1. The van der Waals surface area contributed by atoms with Gasteiger partial charge in [0.15, 0.2) is 0 Å². The van der Waals surface area contributed by atoms with E-state index in [1.807, 2.05) is 61.3 Å². The summed E-state index contributed by atoms with van der Waals surface area (Å²) in [7, 11) is 1.87. The molecule has 0 bridgehead atoms. The Morgan fingerprint density at radius 2 is 2.00 bits per heavy atom. The number of aryl methyl sites for hydroxylation is 1. The molecule has 1 heterocycles. The van der Waals surface area contributed by atoms with Crippen LogP contribution in [0.15, 0.2) is 46.9 Å². The molecule has 0 aliphatic rings. The van der Waals surface area contributed by atoms with Crippen molar-refractivity contribution in [2.24, 2.45) is 5.84 Å². The van der Waals surface area contributed by atoms with E-state index in [9.17, 15) is 4.79 Å². The molecule has 5 heteroatoms. The van der Waals surface area contributed by atoms with Gasteiger partial charge in [0.2, 0.25) is 0 Å². The molecular formula is C15H19N3O2. The molecule has 1 unspecified atom stereocenters. The summed E-state index contributed by atoms with van der Waals surface area (Å²) in [5.74, 6) is 6.72. The van der Waals surface area contributed by atoms with Gasteiger partial charge in [0.05, 0.1) is 6.54 Å². The largest absolute Gasteiger partial charge is 0.465 e. The van der Waals surface area contributed by atoms with Gasteiger partial charge in [-0.1, -0.05) is 30.3 Å². The number of benzene rings is 1. The maximum Gasteiger partial charge on any atom is 0.255 e. The van der Waals surface area contributed by atoms with Crippen molar-refractivity contribution in [2.45, 2.75) is 19.5 Å². The number of hydrogen-bond donors (Lipinski definition) is 2. The van der Waals surface area contributed by atoms with Crippen molar-refractivity contribution in [3.63, 3.8) is 0 Å². The molecule has 1 amide bonds. The van der Waals surface area contributed by atoms with E-state index in [2.05, 4.69) is 5.43 Å². The van der Waals surface area contributed by atoms with E-state index in [-0.39, 0.29) is 5.91 Å². The van der Waals surface area contributed by atoms with Gasteiger partial charge >= 0.3 is 0 Å². The highest BCUT2D eigenvalue weighted by atomic mass is 16.3. The second kappa shape index (κ2) is 6.36. The van der Waals surface area contributed by atoms with Crippen LogP contribution >= 0.6 is 0 Å². The molecule has 3 N–H and O–H groups in total. The minimum atomic E-state index is -0.452. The smallest absolute Gasteiger partial charge is 0.255 e. The average molecular weight is 273 g/mol. The van der Waals surface area contributed by atoms with E-state index in [1.54, 1.807) is 0 Å². The Morgan fingerprint density at radius 1 is 1.30 bits per heavy atom. The molecule has 1 atom stereocenters. The lowest BCUT2D eigenvalue weighted by Gasteiger charge is -2.26. The molecule has 1 aromatic carbocycles. The Balaban J connectivity index is 2.20. The molecule has 0 saturated carbocycles. The van der Waals surface area contributed by atoms with Crippen molar-refractivity contribution < 1.29 is 9.21 Å². The van der Waals surface area contributed by atoms with Crippen LogP contribution < -0.4 is 11.3 Å². The van der Waals surface area contributed by atoms with Gasteiger partial charge in [-0.25, -0.2) is 5.84 Å². The lowest BCUT2D eigenvalue weighted by atomic mass is 10.1. The van der Waals surface area contributed by atoms with E-state index >= 15 is 0 Å². The number of carbonyl (C=O) groups is 1. The van der Waals surface area contributed by atoms with Gasteiger partial charge in [0, 0.05) is 0 Å². The molecule has 5 nitrogen and oxygen atoms in total. The van der Waals surface area contributed by atoms with Gasteiger partial charge in [0.1, 0.15) is 17.6 Å². The number of nitrogens with two attached hydrogens (primary N) is 1. The van der Waals surface area contributed by atoms with Crippen LogP contribution in [-0.4, -0.2) is 17.9 Å². The normalized spacial score (nSPS) is 12.4. The monoisotopic (exact) mass is 273 g/mol. The first-order chi connectivity index (χ1) is 9.61. The van der Waals surface area contributed by atoms with Crippen molar-refractivity contribution in [2.75, 3.05) is 7.05 Å². The molecule has 0 spiro atoms. The maximum atomic E-state index is 12.0. The van der Waals surface area contributed by atoms with Gasteiger partial charge in [0.25, 0.3) is 5.91 Å². The van der Waals surface area contributed by atoms with Gasteiger partial charge in [-0.3, -0.25) is 15.1 Å². The Kier molecular flexibility index (Phi) is 4.55. The summed E-state index contributed by atoms with van der Waals surface area (Å²) in [5, 5.41) is 0. The zero-order chi connectivity index (χ0) is 14.5. The maximum absolute atomic E-state index is 12.0. The number of hydrogen-bond acceptors (Lipinski definition) is 4. The zero-order valence-electron chi connectivity index (χ0n) is 11.7. The molecular weight excluding hydrogens is 254 g/mol. The summed E-state index contributed by atoms with van der Waals surface area (Å²) in [6.07, 6.45) is 0. The highest BCUT2D eigenvalue weighted by Crippen LogP contribution is 2.22. The van der Waals surface area contributed by atoms with Crippen molar-refractivity contribution >= 4 is 5.91 Å². The van der Waals surface area contributed by atoms with Crippen molar-refractivity contribution in [1.29, 1.82) is 0 Å². The first-order valence-electron chi connectivity index (χ1n) is 6.42. The van der Waals surface area contributed by atoms with Crippen LogP contribution in [0.25, 0.3) is 0 Å². The number of likely N-dealkylation sites (N-methyl/N-ethyl adjacent to an activating group) is 1. The minimum Gasteiger partial charge on any atom is -0.465 e. The zero-order valence-corrected chi connectivity index (χ0v) is 11.7. The van der Waals surface area contributed by atoms with E-state index in [0.29, 0.717) is 6.54 Å². The molecule has 0 aliphatic carbocycles. The number of carbonyl (C=O) groups excluding carboxylic acids is 1. The van der Waals surface area contributed by atoms with E-state index in [0.717, 1.165) is 17.1 Å². The quantitative estimate of drug-likeness (QED) is 0.494. The Morgan fingerprint density at radius 3 is 2.55 bits per heavy atom. The van der Waals surface area contributed by atoms with Gasteiger partial charge in [-0.15, -0.1) is 0 Å². The summed E-state index contributed by atoms with van der Waals surface area (Å²) in [5.41, 5.74) is 3.11. The first kappa shape index (κ1) is 14.3. The summed E-state index contributed by atoms with van der Waals surface area (Å²) in [4.78, 5) is 13.9. The molecule has 20 heavy (non-hydrogen) atoms. The molecule has 0 radical (unpaired) electrons. The molecule has 0 fully saturated rings. The predicted octanol–water partition coefficient (Wildman–Crippen LogP) is 1.75. The Bertz CT molecular complexity index is 566. The highest BCUT2D eigenvalue weighted by molar-refractivity contribution is 5.82. The lowest BCUT2D eigenvalue weighted by molar-refractivity contribution is -0.126. The van der Waals surface area contributed by atoms with Gasteiger partial charge in [-0.05, 0) is 31.7 Å². The number of hydrazine groups is 1. The average Bonchev–Trinajstić information content (AvgIpc) is 2.85. The highest BCUT2D eigenvalue weighted by Gasteiger charge is 2.25. The third-order valence-corrected chi connectivity index (χ3v) is 3.15. The summed E-state index contributed by atoms with van der Waals surface area (Å²) in [6, 6.07) is 12.9. The third kappa shape index (κ3) is 3.26. The second-order valence-corrected chi connectivity index (χ2v) is 4.75. The van der Waals surface area contributed by atoms with Gasteiger partial charge < -0.3 is 4.42 Å². The third-order valence-electron chi connectivity index (χ3n) is 3.15. The van der Waals surface area contributed by atoms with E-state index in [1.165, 1.54) is 0 Å². The first-order valence-corrected chi connectivity index (χ1v) is 6.42. The van der Waals surface area contributed by atoms with Gasteiger partial charge in [-0.2, -0.15) is 0 Å². The van der Waals surface area contributed by atoms with Crippen molar-refractivity contribution in [3.8, 4) is 0 Å². The SMILES string of the molecule is Cc1ccc(CN(C)C(C(=O)NN)c2ccccc2)o1.